The van der Waals surface area contributed by atoms with E-state index < -0.39 is 0 Å². The number of carbonyl (C=O) groups is 3. The number of hydrogen-bond acceptors (Lipinski definition) is 4. The van der Waals surface area contributed by atoms with Gasteiger partial charge in [-0.2, -0.15) is 0 Å². The standard InChI is InChI=1S/C21H27ClN4O3/c22-16-7-8-18(23-11-16)24-20(28)14-4-3-9-25(12-14)21(29)15-10-19(27)26(13-15)17-5-1-2-6-17/h7-8,11,14-15,17H,1-6,9-10,12-13H2,(H,23,24,28). The molecule has 3 amide bonds. The summed E-state index contributed by atoms with van der Waals surface area (Å²) in [5.74, 6) is -0.101. The van der Waals surface area contributed by atoms with Crippen LogP contribution in [0.2, 0.25) is 5.02 Å². The van der Waals surface area contributed by atoms with Gasteiger partial charge in [0, 0.05) is 38.3 Å². The minimum Gasteiger partial charge on any atom is -0.342 e. The van der Waals surface area contributed by atoms with Crippen LogP contribution in [0.5, 0.6) is 0 Å². The number of hydrogen-bond donors (Lipinski definition) is 1. The van der Waals surface area contributed by atoms with Gasteiger partial charge in [-0.3, -0.25) is 14.4 Å². The monoisotopic (exact) mass is 418 g/mol. The van der Waals surface area contributed by atoms with Crippen molar-refractivity contribution in [1.82, 2.24) is 14.8 Å². The summed E-state index contributed by atoms with van der Waals surface area (Å²) in [6, 6.07) is 3.65. The van der Waals surface area contributed by atoms with Crippen molar-refractivity contribution in [2.24, 2.45) is 11.8 Å². The number of halogens is 1. The van der Waals surface area contributed by atoms with Crippen molar-refractivity contribution in [3.63, 3.8) is 0 Å². The molecule has 0 bridgehead atoms. The van der Waals surface area contributed by atoms with Crippen molar-refractivity contribution in [2.45, 2.75) is 51.0 Å². The lowest BCUT2D eigenvalue weighted by Gasteiger charge is -2.33. The molecule has 2 atom stereocenters. The fourth-order valence-electron chi connectivity index (χ4n) is 4.79. The summed E-state index contributed by atoms with van der Waals surface area (Å²) < 4.78 is 0. The number of carbonyl (C=O) groups excluding carboxylic acids is 3. The van der Waals surface area contributed by atoms with Gasteiger partial charge in [-0.05, 0) is 37.8 Å². The lowest BCUT2D eigenvalue weighted by molar-refractivity contribution is -0.138. The van der Waals surface area contributed by atoms with E-state index >= 15 is 0 Å². The summed E-state index contributed by atoms with van der Waals surface area (Å²) in [5, 5.41) is 3.32. The Bertz CT molecular complexity index is 779. The molecule has 2 unspecified atom stereocenters. The van der Waals surface area contributed by atoms with Crippen LogP contribution in [0.3, 0.4) is 0 Å². The average molecular weight is 419 g/mol. The molecule has 1 aromatic heterocycles. The van der Waals surface area contributed by atoms with Gasteiger partial charge in [-0.15, -0.1) is 0 Å². The summed E-state index contributed by atoms with van der Waals surface area (Å²) in [4.78, 5) is 45.9. The third-order valence-corrected chi connectivity index (χ3v) is 6.58. The summed E-state index contributed by atoms with van der Waals surface area (Å²) in [6.45, 7) is 1.58. The minimum absolute atomic E-state index is 0.0148. The van der Waals surface area contributed by atoms with Crippen LogP contribution in [0, 0.1) is 11.8 Å². The van der Waals surface area contributed by atoms with Gasteiger partial charge in [0.1, 0.15) is 5.82 Å². The first-order chi connectivity index (χ1) is 14.0. The van der Waals surface area contributed by atoms with Crippen molar-refractivity contribution in [2.75, 3.05) is 25.0 Å². The lowest BCUT2D eigenvalue weighted by atomic mass is 9.95. The number of piperidine rings is 1. The van der Waals surface area contributed by atoms with Crippen LogP contribution in [0.25, 0.3) is 0 Å². The molecular weight excluding hydrogens is 392 g/mol. The first-order valence-corrected chi connectivity index (χ1v) is 10.9. The highest BCUT2D eigenvalue weighted by atomic mass is 35.5. The number of nitrogens with one attached hydrogen (secondary N) is 1. The molecule has 2 aliphatic heterocycles. The molecule has 8 heteroatoms. The normalized spacial score (nSPS) is 25.5. The van der Waals surface area contributed by atoms with E-state index in [0.717, 1.165) is 25.7 Å². The lowest BCUT2D eigenvalue weighted by Crippen LogP contribution is -2.46. The van der Waals surface area contributed by atoms with Gasteiger partial charge < -0.3 is 15.1 Å². The molecule has 0 spiro atoms. The highest BCUT2D eigenvalue weighted by Gasteiger charge is 2.41. The predicted molar refractivity (Wildman–Crippen MR) is 109 cm³/mol. The Labute approximate surface area is 175 Å². The second-order valence-corrected chi connectivity index (χ2v) is 8.80. The summed E-state index contributed by atoms with van der Waals surface area (Å²) in [6.07, 6.45) is 7.75. The van der Waals surface area contributed by atoms with E-state index in [-0.39, 0.29) is 29.6 Å². The second kappa shape index (κ2) is 8.69. The molecule has 3 aliphatic rings. The van der Waals surface area contributed by atoms with Crippen molar-refractivity contribution in [3.8, 4) is 0 Å². The molecule has 2 saturated heterocycles. The molecular formula is C21H27ClN4O3. The molecule has 7 nitrogen and oxygen atoms in total. The van der Waals surface area contributed by atoms with E-state index in [1.807, 2.05) is 4.90 Å². The highest BCUT2D eigenvalue weighted by molar-refractivity contribution is 6.30. The number of amides is 3. The van der Waals surface area contributed by atoms with Crippen LogP contribution in [0.15, 0.2) is 18.3 Å². The van der Waals surface area contributed by atoms with Crippen molar-refractivity contribution in [3.05, 3.63) is 23.4 Å². The summed E-state index contributed by atoms with van der Waals surface area (Å²) in [5.41, 5.74) is 0. The van der Waals surface area contributed by atoms with E-state index in [1.165, 1.54) is 19.0 Å². The number of likely N-dealkylation sites (tertiary alicyclic amines) is 2. The van der Waals surface area contributed by atoms with Gasteiger partial charge >= 0.3 is 0 Å². The van der Waals surface area contributed by atoms with E-state index in [0.29, 0.717) is 42.9 Å². The first kappa shape index (κ1) is 20.1. The maximum Gasteiger partial charge on any atom is 0.230 e. The Kier molecular flexibility index (Phi) is 6.04. The van der Waals surface area contributed by atoms with Crippen molar-refractivity contribution < 1.29 is 14.4 Å². The average Bonchev–Trinajstić information content (AvgIpc) is 3.39. The molecule has 1 N–H and O–H groups in total. The predicted octanol–water partition coefficient (Wildman–Crippen LogP) is 2.70. The molecule has 1 aromatic rings. The van der Waals surface area contributed by atoms with Gasteiger partial charge in [0.15, 0.2) is 0 Å². The molecule has 1 saturated carbocycles. The Morgan fingerprint density at radius 2 is 1.86 bits per heavy atom. The molecule has 4 rings (SSSR count). The smallest absolute Gasteiger partial charge is 0.230 e. The Hall–Kier alpha value is -2.15. The Morgan fingerprint density at radius 1 is 1.07 bits per heavy atom. The van der Waals surface area contributed by atoms with Crippen LogP contribution >= 0.6 is 11.6 Å². The molecule has 3 fully saturated rings. The van der Waals surface area contributed by atoms with E-state index in [2.05, 4.69) is 10.3 Å². The van der Waals surface area contributed by atoms with E-state index in [4.69, 9.17) is 11.6 Å². The number of nitrogens with zero attached hydrogens (tertiary/aromatic N) is 3. The van der Waals surface area contributed by atoms with Gasteiger partial charge in [0.25, 0.3) is 0 Å². The Morgan fingerprint density at radius 3 is 2.59 bits per heavy atom. The van der Waals surface area contributed by atoms with E-state index in [1.54, 1.807) is 17.0 Å². The van der Waals surface area contributed by atoms with Gasteiger partial charge in [-0.1, -0.05) is 24.4 Å². The van der Waals surface area contributed by atoms with Crippen LogP contribution in [-0.4, -0.2) is 58.2 Å². The molecule has 29 heavy (non-hydrogen) atoms. The summed E-state index contributed by atoms with van der Waals surface area (Å²) in [7, 11) is 0. The minimum atomic E-state index is -0.275. The molecule has 0 radical (unpaired) electrons. The van der Waals surface area contributed by atoms with Gasteiger partial charge in [0.05, 0.1) is 16.9 Å². The van der Waals surface area contributed by atoms with Crippen LogP contribution in [0.1, 0.15) is 44.9 Å². The topological polar surface area (TPSA) is 82.6 Å². The quantitative estimate of drug-likeness (QED) is 0.814. The number of aromatic nitrogens is 1. The Balaban J connectivity index is 1.34. The number of anilines is 1. The molecule has 0 aromatic carbocycles. The fourth-order valence-corrected chi connectivity index (χ4v) is 4.91. The zero-order chi connectivity index (χ0) is 20.4. The fraction of sp³-hybridized carbons (Fsp3) is 0.619. The van der Waals surface area contributed by atoms with E-state index in [9.17, 15) is 14.4 Å². The summed E-state index contributed by atoms with van der Waals surface area (Å²) >= 11 is 5.83. The van der Waals surface area contributed by atoms with Crippen molar-refractivity contribution >= 4 is 35.1 Å². The maximum atomic E-state index is 13.1. The molecule has 3 heterocycles. The van der Waals surface area contributed by atoms with Crippen LogP contribution in [-0.2, 0) is 14.4 Å². The SMILES string of the molecule is O=C(Nc1ccc(Cl)cn1)C1CCCN(C(=O)C2CC(=O)N(C3CCCC3)C2)C1. The second-order valence-electron chi connectivity index (χ2n) is 8.36. The molecule has 156 valence electrons. The molecule has 1 aliphatic carbocycles. The third kappa shape index (κ3) is 4.55. The van der Waals surface area contributed by atoms with Gasteiger partial charge in [-0.25, -0.2) is 4.98 Å². The maximum absolute atomic E-state index is 13.1. The zero-order valence-corrected chi connectivity index (χ0v) is 17.2. The zero-order valence-electron chi connectivity index (χ0n) is 16.5. The first-order valence-electron chi connectivity index (χ1n) is 10.5. The largest absolute Gasteiger partial charge is 0.342 e. The highest BCUT2D eigenvalue weighted by Crippen LogP contribution is 2.31. The van der Waals surface area contributed by atoms with Crippen molar-refractivity contribution in [1.29, 1.82) is 0 Å². The third-order valence-electron chi connectivity index (χ3n) is 6.36. The van der Waals surface area contributed by atoms with Crippen LogP contribution in [0.4, 0.5) is 5.82 Å². The number of pyridine rings is 1. The van der Waals surface area contributed by atoms with Crippen LogP contribution < -0.4 is 5.32 Å². The number of rotatable bonds is 4. The van der Waals surface area contributed by atoms with Gasteiger partial charge in [0.2, 0.25) is 17.7 Å².